The maximum Gasteiger partial charge on any atom is 0.131 e. The number of hydrogen-bond donors (Lipinski definition) is 2. The van der Waals surface area contributed by atoms with Crippen molar-refractivity contribution < 1.29 is 4.39 Å². The number of rotatable bonds is 6. The molecule has 1 aromatic heterocycles. The van der Waals surface area contributed by atoms with E-state index in [9.17, 15) is 4.39 Å². The summed E-state index contributed by atoms with van der Waals surface area (Å²) in [7, 11) is 0. The smallest absolute Gasteiger partial charge is 0.131 e. The van der Waals surface area contributed by atoms with E-state index in [1.54, 1.807) is 6.92 Å². The molecule has 1 aliphatic rings. The highest BCUT2D eigenvalue weighted by atomic mass is 19.1. The average molecular weight is 381 g/mol. The molecule has 0 amide bonds. The Kier molecular flexibility index (Phi) is 6.82. The number of nitrogens with two attached hydrogens (primary N) is 1. The molecule has 0 fully saturated rings. The molecule has 0 unspecified atom stereocenters. The van der Waals surface area contributed by atoms with Crippen LogP contribution in [0.25, 0.3) is 10.9 Å². The van der Waals surface area contributed by atoms with Gasteiger partial charge < -0.3 is 16.0 Å². The number of pyridine rings is 1. The fourth-order valence-corrected chi connectivity index (χ4v) is 3.38. The van der Waals surface area contributed by atoms with E-state index in [4.69, 9.17) is 10.7 Å². The molecule has 0 atom stereocenters. The van der Waals surface area contributed by atoms with Crippen molar-refractivity contribution in [1.82, 2.24) is 4.98 Å². The lowest BCUT2D eigenvalue weighted by molar-refractivity contribution is 0.664. The van der Waals surface area contributed by atoms with Crippen LogP contribution < -0.4 is 16.0 Å². The van der Waals surface area contributed by atoms with Crippen LogP contribution in [-0.2, 0) is 0 Å². The van der Waals surface area contributed by atoms with Crippen LogP contribution in [0.1, 0.15) is 25.3 Å². The lowest BCUT2D eigenvalue weighted by Gasteiger charge is -2.22. The highest BCUT2D eigenvalue weighted by Crippen LogP contribution is 2.29. The number of fused-ring (bicyclic) bond motifs is 1. The van der Waals surface area contributed by atoms with E-state index in [0.29, 0.717) is 6.54 Å². The Morgan fingerprint density at radius 2 is 2.21 bits per heavy atom. The first-order valence-electron chi connectivity index (χ1n) is 9.90. The van der Waals surface area contributed by atoms with Crippen molar-refractivity contribution in [2.45, 2.75) is 26.7 Å². The SMILES string of the molecule is CC=C(F)C=CC1=CCN(c2cc(NCCN)c3cc(C)ccc3n2)CCC1. The second-order valence-electron chi connectivity index (χ2n) is 7.10. The number of hydrogen-bond acceptors (Lipinski definition) is 4. The maximum atomic E-state index is 13.4. The van der Waals surface area contributed by atoms with Crippen molar-refractivity contribution in [3.63, 3.8) is 0 Å². The van der Waals surface area contributed by atoms with Gasteiger partial charge in [0.2, 0.25) is 0 Å². The molecule has 0 aliphatic carbocycles. The topological polar surface area (TPSA) is 54.2 Å². The van der Waals surface area contributed by atoms with Crippen LogP contribution in [0.3, 0.4) is 0 Å². The number of aromatic nitrogens is 1. The molecule has 0 saturated heterocycles. The van der Waals surface area contributed by atoms with Crippen molar-refractivity contribution in [2.24, 2.45) is 5.73 Å². The third-order valence-electron chi connectivity index (χ3n) is 4.93. The largest absolute Gasteiger partial charge is 0.383 e. The van der Waals surface area contributed by atoms with E-state index in [-0.39, 0.29) is 5.83 Å². The molecule has 0 radical (unpaired) electrons. The van der Waals surface area contributed by atoms with Gasteiger partial charge in [0.05, 0.1) is 5.52 Å². The molecular formula is C23H29FN4. The Balaban J connectivity index is 1.89. The van der Waals surface area contributed by atoms with Crippen molar-refractivity contribution in [3.05, 3.63) is 65.5 Å². The second kappa shape index (κ2) is 9.51. The second-order valence-corrected chi connectivity index (χ2v) is 7.10. The number of benzene rings is 1. The molecule has 3 rings (SSSR count). The third kappa shape index (κ3) is 4.98. The lowest BCUT2D eigenvalue weighted by Crippen LogP contribution is -2.24. The van der Waals surface area contributed by atoms with Crippen LogP contribution >= 0.6 is 0 Å². The summed E-state index contributed by atoms with van der Waals surface area (Å²) in [6.45, 7) is 6.77. The minimum Gasteiger partial charge on any atom is -0.383 e. The molecule has 0 spiro atoms. The zero-order chi connectivity index (χ0) is 19.9. The van der Waals surface area contributed by atoms with Crippen molar-refractivity contribution in [2.75, 3.05) is 36.4 Å². The van der Waals surface area contributed by atoms with Crippen LogP contribution in [-0.4, -0.2) is 31.2 Å². The summed E-state index contributed by atoms with van der Waals surface area (Å²) in [6, 6.07) is 8.44. The van der Waals surface area contributed by atoms with Crippen LogP contribution in [0.4, 0.5) is 15.9 Å². The summed E-state index contributed by atoms with van der Waals surface area (Å²) in [6.07, 6.45) is 9.00. The van der Waals surface area contributed by atoms with Gasteiger partial charge in [0.1, 0.15) is 11.6 Å². The molecule has 2 heterocycles. The minimum absolute atomic E-state index is 0.205. The van der Waals surface area contributed by atoms with E-state index in [2.05, 4.69) is 47.5 Å². The van der Waals surface area contributed by atoms with Gasteiger partial charge in [-0.25, -0.2) is 9.37 Å². The monoisotopic (exact) mass is 380 g/mol. The quantitative estimate of drug-likeness (QED) is 0.702. The Morgan fingerprint density at radius 3 is 3.00 bits per heavy atom. The first-order valence-corrected chi connectivity index (χ1v) is 9.90. The third-order valence-corrected chi connectivity index (χ3v) is 4.93. The first-order chi connectivity index (χ1) is 13.6. The standard InChI is InChI=1S/C23H29FN4/c1-3-19(24)8-7-18-5-4-13-28(14-10-18)23-16-22(26-12-11-25)20-15-17(2)6-9-21(20)27-23/h3,6-10,15-16H,4-5,11-14,25H2,1-2H3,(H,26,27). The summed E-state index contributed by atoms with van der Waals surface area (Å²) < 4.78 is 13.4. The van der Waals surface area contributed by atoms with Gasteiger partial charge in [0, 0.05) is 43.3 Å². The summed E-state index contributed by atoms with van der Waals surface area (Å²) in [5, 5.41) is 4.56. The molecule has 4 nitrogen and oxygen atoms in total. The molecule has 1 aliphatic heterocycles. The maximum absolute atomic E-state index is 13.4. The fourth-order valence-electron chi connectivity index (χ4n) is 3.38. The number of halogens is 1. The van der Waals surface area contributed by atoms with Crippen molar-refractivity contribution in [1.29, 1.82) is 0 Å². The zero-order valence-electron chi connectivity index (χ0n) is 16.7. The molecular weight excluding hydrogens is 351 g/mol. The van der Waals surface area contributed by atoms with Crippen LogP contribution in [0.15, 0.2) is 60.0 Å². The zero-order valence-corrected chi connectivity index (χ0v) is 16.7. The Bertz CT molecular complexity index is 914. The molecule has 5 heteroatoms. The fraction of sp³-hybridized carbons (Fsp3) is 0.348. The van der Waals surface area contributed by atoms with Crippen LogP contribution in [0, 0.1) is 6.92 Å². The molecule has 28 heavy (non-hydrogen) atoms. The van der Waals surface area contributed by atoms with Gasteiger partial charge in [-0.1, -0.05) is 35.4 Å². The lowest BCUT2D eigenvalue weighted by atomic mass is 10.1. The first kappa shape index (κ1) is 20.1. The summed E-state index contributed by atoms with van der Waals surface area (Å²) in [5.74, 6) is 0.751. The highest BCUT2D eigenvalue weighted by molar-refractivity contribution is 5.93. The van der Waals surface area contributed by atoms with E-state index >= 15 is 0 Å². The van der Waals surface area contributed by atoms with Gasteiger partial charge in [-0.15, -0.1) is 0 Å². The van der Waals surface area contributed by atoms with Gasteiger partial charge in [-0.2, -0.15) is 0 Å². The predicted octanol–water partition coefficient (Wildman–Crippen LogP) is 4.87. The van der Waals surface area contributed by atoms with Crippen LogP contribution in [0.2, 0.25) is 0 Å². The number of allylic oxidation sites excluding steroid dienone is 5. The van der Waals surface area contributed by atoms with E-state index < -0.39 is 0 Å². The van der Waals surface area contributed by atoms with E-state index in [0.717, 1.165) is 60.5 Å². The number of aryl methyl sites for hydroxylation is 1. The molecule has 148 valence electrons. The molecule has 3 N–H and O–H groups in total. The minimum atomic E-state index is -0.205. The van der Waals surface area contributed by atoms with Gasteiger partial charge in [0.25, 0.3) is 0 Å². The van der Waals surface area contributed by atoms with Crippen molar-refractivity contribution >= 4 is 22.4 Å². The number of nitrogens with one attached hydrogen (secondary N) is 1. The summed E-state index contributed by atoms with van der Waals surface area (Å²) >= 11 is 0. The summed E-state index contributed by atoms with van der Waals surface area (Å²) in [4.78, 5) is 7.18. The average Bonchev–Trinajstić information content (AvgIpc) is 2.96. The van der Waals surface area contributed by atoms with Crippen LogP contribution in [0.5, 0.6) is 0 Å². The molecule has 1 aromatic carbocycles. The van der Waals surface area contributed by atoms with Gasteiger partial charge in [-0.3, -0.25) is 0 Å². The molecule has 2 aromatic rings. The normalized spacial score (nSPS) is 15.8. The Morgan fingerprint density at radius 1 is 1.36 bits per heavy atom. The Hall–Kier alpha value is -2.66. The van der Waals surface area contributed by atoms with Gasteiger partial charge in [0.15, 0.2) is 0 Å². The highest BCUT2D eigenvalue weighted by Gasteiger charge is 2.14. The predicted molar refractivity (Wildman–Crippen MR) is 118 cm³/mol. The van der Waals surface area contributed by atoms with Gasteiger partial charge >= 0.3 is 0 Å². The Labute approximate surface area is 166 Å². The number of nitrogens with zero attached hydrogens (tertiary/aromatic N) is 2. The summed E-state index contributed by atoms with van der Waals surface area (Å²) in [5.41, 5.74) is 10.1. The molecule has 0 bridgehead atoms. The number of anilines is 2. The van der Waals surface area contributed by atoms with E-state index in [1.165, 1.54) is 17.7 Å². The van der Waals surface area contributed by atoms with E-state index in [1.807, 2.05) is 6.08 Å². The van der Waals surface area contributed by atoms with Gasteiger partial charge in [-0.05, 0) is 44.9 Å². The molecule has 0 saturated carbocycles. The van der Waals surface area contributed by atoms with Crippen molar-refractivity contribution in [3.8, 4) is 0 Å².